The number of hydrogen-bond donors (Lipinski definition) is 2. The Morgan fingerprint density at radius 1 is 1.43 bits per heavy atom. The quantitative estimate of drug-likeness (QED) is 0.806. The molecule has 6 heteroatoms. The number of carboxylic acids is 1. The van der Waals surface area contributed by atoms with Crippen LogP contribution in [0.5, 0.6) is 5.75 Å². The second-order valence-corrected chi connectivity index (χ2v) is 6.29. The number of aliphatic carboxylic acids is 1. The Morgan fingerprint density at radius 3 is 2.70 bits per heavy atom. The molecule has 0 aliphatic heterocycles. The first-order chi connectivity index (χ1) is 10.9. The lowest BCUT2D eigenvalue weighted by Gasteiger charge is -2.23. The van der Waals surface area contributed by atoms with Gasteiger partial charge in [-0.15, -0.1) is 0 Å². The summed E-state index contributed by atoms with van der Waals surface area (Å²) >= 11 is 0. The van der Waals surface area contributed by atoms with Gasteiger partial charge in [-0.3, -0.25) is 4.79 Å². The number of carbonyl (C=O) groups is 2. The number of rotatable bonds is 7. The molecule has 1 fully saturated rings. The Bertz CT molecular complexity index is 584. The summed E-state index contributed by atoms with van der Waals surface area (Å²) in [7, 11) is 3.25. The molecule has 6 nitrogen and oxygen atoms in total. The number of nitrogens with zero attached hydrogens (tertiary/aromatic N) is 1. The van der Waals surface area contributed by atoms with Crippen molar-refractivity contribution in [2.75, 3.05) is 27.2 Å². The number of methoxy groups -OCH3 is 1. The smallest absolute Gasteiger partial charge is 0.317 e. The number of hydrogen-bond acceptors (Lipinski definition) is 3. The number of amides is 2. The lowest BCUT2D eigenvalue weighted by molar-refractivity contribution is -0.141. The van der Waals surface area contributed by atoms with E-state index in [0.29, 0.717) is 6.54 Å². The van der Waals surface area contributed by atoms with Crippen LogP contribution >= 0.6 is 0 Å². The van der Waals surface area contributed by atoms with E-state index >= 15 is 0 Å². The van der Waals surface area contributed by atoms with Crippen LogP contribution in [0.1, 0.15) is 25.3 Å². The summed E-state index contributed by atoms with van der Waals surface area (Å²) in [5.74, 6) is -0.675. The van der Waals surface area contributed by atoms with Gasteiger partial charge in [0.2, 0.25) is 0 Å². The zero-order valence-corrected chi connectivity index (χ0v) is 13.8. The molecular weight excluding hydrogens is 296 g/mol. The van der Waals surface area contributed by atoms with Crippen molar-refractivity contribution < 1.29 is 19.4 Å². The van der Waals surface area contributed by atoms with E-state index in [1.807, 2.05) is 18.2 Å². The van der Waals surface area contributed by atoms with E-state index in [-0.39, 0.29) is 18.0 Å². The summed E-state index contributed by atoms with van der Waals surface area (Å²) in [4.78, 5) is 24.4. The van der Waals surface area contributed by atoms with Gasteiger partial charge >= 0.3 is 12.0 Å². The van der Waals surface area contributed by atoms with Crippen molar-refractivity contribution in [3.05, 3.63) is 29.8 Å². The third-order valence-corrected chi connectivity index (χ3v) is 4.43. The fraction of sp³-hybridized carbons (Fsp3) is 0.529. The molecule has 1 aromatic carbocycles. The maximum absolute atomic E-state index is 12.1. The van der Waals surface area contributed by atoms with Crippen LogP contribution in [0.2, 0.25) is 0 Å². The van der Waals surface area contributed by atoms with Crippen LogP contribution in [0.4, 0.5) is 4.79 Å². The first kappa shape index (κ1) is 17.1. The predicted molar refractivity (Wildman–Crippen MR) is 86.7 cm³/mol. The number of carbonyl (C=O) groups excluding carboxylic acids is 1. The normalized spacial score (nSPS) is 16.3. The minimum atomic E-state index is -0.903. The van der Waals surface area contributed by atoms with Gasteiger partial charge in [-0.1, -0.05) is 19.1 Å². The summed E-state index contributed by atoms with van der Waals surface area (Å²) in [6, 6.07) is 7.68. The van der Waals surface area contributed by atoms with Gasteiger partial charge in [-0.2, -0.15) is 0 Å². The molecule has 0 radical (unpaired) electrons. The van der Waals surface area contributed by atoms with E-state index in [4.69, 9.17) is 9.84 Å². The van der Waals surface area contributed by atoms with Crippen LogP contribution < -0.4 is 10.1 Å². The lowest BCUT2D eigenvalue weighted by atomic mass is 9.96. The van der Waals surface area contributed by atoms with Crippen molar-refractivity contribution in [3.8, 4) is 5.75 Å². The molecule has 0 saturated heterocycles. The molecule has 2 amide bonds. The summed E-state index contributed by atoms with van der Waals surface area (Å²) < 4.78 is 5.26. The molecule has 0 bridgehead atoms. The van der Waals surface area contributed by atoms with Gasteiger partial charge in [-0.05, 0) is 30.5 Å². The minimum absolute atomic E-state index is 0.0244. The molecule has 0 spiro atoms. The molecule has 1 aromatic rings. The van der Waals surface area contributed by atoms with Crippen LogP contribution in [-0.2, 0) is 10.2 Å². The number of benzene rings is 1. The van der Waals surface area contributed by atoms with Crippen LogP contribution in [0.15, 0.2) is 24.3 Å². The zero-order chi connectivity index (χ0) is 17.0. The molecule has 2 N–H and O–H groups in total. The molecule has 1 saturated carbocycles. The van der Waals surface area contributed by atoms with Crippen molar-refractivity contribution in [1.29, 1.82) is 0 Å². The molecule has 126 valence electrons. The van der Waals surface area contributed by atoms with Crippen molar-refractivity contribution in [2.24, 2.45) is 5.92 Å². The molecule has 2 rings (SSSR count). The summed E-state index contributed by atoms with van der Waals surface area (Å²) in [6.45, 7) is 2.32. The largest absolute Gasteiger partial charge is 0.497 e. The highest BCUT2D eigenvalue weighted by atomic mass is 16.5. The van der Waals surface area contributed by atoms with Gasteiger partial charge in [-0.25, -0.2) is 4.79 Å². The molecule has 1 aliphatic carbocycles. The SMILES string of the molecule is COc1cccc(C2(CNC(=O)N(C)CC(C)C(=O)O)CC2)c1. The molecule has 23 heavy (non-hydrogen) atoms. The molecule has 1 aliphatic rings. The maximum atomic E-state index is 12.1. The third kappa shape index (κ3) is 4.15. The summed E-state index contributed by atoms with van der Waals surface area (Å²) in [5, 5.41) is 11.8. The Balaban J connectivity index is 1.92. The second kappa shape index (κ2) is 6.89. The fourth-order valence-electron chi connectivity index (χ4n) is 2.62. The molecule has 0 heterocycles. The van der Waals surface area contributed by atoms with Crippen molar-refractivity contribution in [1.82, 2.24) is 10.2 Å². The topological polar surface area (TPSA) is 78.9 Å². The highest BCUT2D eigenvalue weighted by molar-refractivity contribution is 5.75. The third-order valence-electron chi connectivity index (χ3n) is 4.43. The van der Waals surface area contributed by atoms with E-state index in [1.165, 1.54) is 10.5 Å². The number of urea groups is 1. The van der Waals surface area contributed by atoms with E-state index in [9.17, 15) is 9.59 Å². The van der Waals surface area contributed by atoms with E-state index < -0.39 is 11.9 Å². The first-order valence-corrected chi connectivity index (χ1v) is 7.74. The van der Waals surface area contributed by atoms with Crippen molar-refractivity contribution in [3.63, 3.8) is 0 Å². The zero-order valence-electron chi connectivity index (χ0n) is 13.8. The number of carboxylic acid groups (broad SMARTS) is 1. The lowest BCUT2D eigenvalue weighted by Crippen LogP contribution is -2.43. The first-order valence-electron chi connectivity index (χ1n) is 7.74. The van der Waals surface area contributed by atoms with E-state index in [1.54, 1.807) is 21.1 Å². The number of nitrogens with one attached hydrogen (secondary N) is 1. The highest BCUT2D eigenvalue weighted by Gasteiger charge is 2.44. The van der Waals surface area contributed by atoms with Gasteiger partial charge in [0, 0.05) is 25.6 Å². The average Bonchev–Trinajstić information content (AvgIpc) is 3.33. The van der Waals surface area contributed by atoms with Crippen LogP contribution in [0.25, 0.3) is 0 Å². The number of ether oxygens (including phenoxy) is 1. The van der Waals surface area contributed by atoms with Crippen molar-refractivity contribution >= 4 is 12.0 Å². The Labute approximate surface area is 136 Å². The Morgan fingerprint density at radius 2 is 2.13 bits per heavy atom. The van der Waals surface area contributed by atoms with Crippen LogP contribution in [0, 0.1) is 5.92 Å². The van der Waals surface area contributed by atoms with Gasteiger partial charge in [0.15, 0.2) is 0 Å². The molecular formula is C17H24N2O4. The molecule has 0 aromatic heterocycles. The molecule has 1 unspecified atom stereocenters. The van der Waals surface area contributed by atoms with E-state index in [2.05, 4.69) is 11.4 Å². The minimum Gasteiger partial charge on any atom is -0.497 e. The van der Waals surface area contributed by atoms with Crippen LogP contribution in [0.3, 0.4) is 0 Å². The van der Waals surface area contributed by atoms with Gasteiger partial charge < -0.3 is 20.1 Å². The van der Waals surface area contributed by atoms with Crippen molar-refractivity contribution in [2.45, 2.75) is 25.2 Å². The summed E-state index contributed by atoms with van der Waals surface area (Å²) in [5.41, 5.74) is 1.14. The van der Waals surface area contributed by atoms with Gasteiger partial charge in [0.05, 0.1) is 13.0 Å². The Kier molecular flexibility index (Phi) is 5.13. The predicted octanol–water partition coefficient (Wildman–Crippen LogP) is 2.09. The molecule has 1 atom stereocenters. The maximum Gasteiger partial charge on any atom is 0.317 e. The fourth-order valence-corrected chi connectivity index (χ4v) is 2.62. The van der Waals surface area contributed by atoms with Gasteiger partial charge in [0.1, 0.15) is 5.75 Å². The highest BCUT2D eigenvalue weighted by Crippen LogP contribution is 2.48. The van der Waals surface area contributed by atoms with E-state index in [0.717, 1.165) is 18.6 Å². The standard InChI is InChI=1S/C17H24N2O4/c1-12(15(20)21)10-19(2)16(22)18-11-17(7-8-17)13-5-4-6-14(9-13)23-3/h4-6,9,12H,7-8,10-11H2,1-3H3,(H,18,22)(H,20,21). The van der Waals surface area contributed by atoms with Crippen LogP contribution in [-0.4, -0.2) is 49.3 Å². The average molecular weight is 320 g/mol. The Hall–Kier alpha value is -2.24. The summed E-state index contributed by atoms with van der Waals surface area (Å²) in [6.07, 6.45) is 2.05. The monoisotopic (exact) mass is 320 g/mol. The van der Waals surface area contributed by atoms with Gasteiger partial charge in [0.25, 0.3) is 0 Å². The second-order valence-electron chi connectivity index (χ2n) is 6.29.